The zero-order valence-corrected chi connectivity index (χ0v) is 15.6. The van der Waals surface area contributed by atoms with Crippen molar-refractivity contribution in [3.8, 4) is 0 Å². The summed E-state index contributed by atoms with van der Waals surface area (Å²) in [6, 6.07) is 7.32. The van der Waals surface area contributed by atoms with Gasteiger partial charge in [0.05, 0.1) is 0 Å². The Morgan fingerprint density at radius 1 is 0.885 bits per heavy atom. The predicted octanol–water partition coefficient (Wildman–Crippen LogP) is 3.13. The molecule has 142 valence electrons. The van der Waals surface area contributed by atoms with E-state index in [0.29, 0.717) is 17.9 Å². The van der Waals surface area contributed by atoms with Crippen LogP contribution in [0.1, 0.15) is 38.5 Å². The van der Waals surface area contributed by atoms with Crippen LogP contribution in [0.25, 0.3) is 0 Å². The lowest BCUT2D eigenvalue weighted by atomic mass is 9.99. The topological polar surface area (TPSA) is 26.8 Å². The van der Waals surface area contributed by atoms with Gasteiger partial charge in [0, 0.05) is 56.9 Å². The molecule has 0 spiro atoms. The number of anilines is 1. The van der Waals surface area contributed by atoms with E-state index >= 15 is 0 Å². The average Bonchev–Trinajstić information content (AvgIpc) is 3.23. The molecule has 2 heterocycles. The molecule has 0 bridgehead atoms. The highest BCUT2D eigenvalue weighted by Crippen LogP contribution is 2.28. The third-order valence-corrected chi connectivity index (χ3v) is 6.44. The number of rotatable bonds is 3. The number of piperazine rings is 1. The molecule has 5 heteroatoms. The second-order valence-electron chi connectivity index (χ2n) is 8.06. The molecule has 0 N–H and O–H groups in total. The Kier molecular flexibility index (Phi) is 5.44. The molecule has 4 rings (SSSR count). The number of hydrogen-bond donors (Lipinski definition) is 0. The fourth-order valence-corrected chi connectivity index (χ4v) is 4.88. The fourth-order valence-electron chi connectivity index (χ4n) is 4.88. The van der Waals surface area contributed by atoms with E-state index in [9.17, 15) is 9.18 Å². The van der Waals surface area contributed by atoms with Gasteiger partial charge in [0.1, 0.15) is 5.82 Å². The Bertz CT molecular complexity index is 606. The lowest BCUT2D eigenvalue weighted by Crippen LogP contribution is -2.56. The summed E-state index contributed by atoms with van der Waals surface area (Å²) in [5.74, 6) is 0.530. The molecule has 2 aliphatic heterocycles. The summed E-state index contributed by atoms with van der Waals surface area (Å²) in [6.07, 6.45) is 6.96. The second-order valence-corrected chi connectivity index (χ2v) is 8.06. The molecule has 3 aliphatic rings. The van der Waals surface area contributed by atoms with E-state index in [4.69, 9.17) is 0 Å². The Hall–Kier alpha value is -1.62. The van der Waals surface area contributed by atoms with Crippen molar-refractivity contribution in [2.24, 2.45) is 5.92 Å². The fraction of sp³-hybridized carbons (Fsp3) is 0.667. The summed E-state index contributed by atoms with van der Waals surface area (Å²) >= 11 is 0. The largest absolute Gasteiger partial charge is 0.369 e. The number of amides is 1. The molecule has 1 aliphatic carbocycles. The number of benzene rings is 1. The SMILES string of the molecule is O=C(C1CCCC1)N1CCCC(N2CCN(c3ccc(F)cc3)CC2)C1. The van der Waals surface area contributed by atoms with Crippen LogP contribution in [-0.2, 0) is 4.79 Å². The number of halogens is 1. The Balaban J connectivity index is 1.31. The molecule has 26 heavy (non-hydrogen) atoms. The van der Waals surface area contributed by atoms with Crippen LogP contribution < -0.4 is 4.90 Å². The lowest BCUT2D eigenvalue weighted by molar-refractivity contribution is -0.137. The van der Waals surface area contributed by atoms with Crippen molar-refractivity contribution in [2.45, 2.75) is 44.6 Å². The maximum atomic E-state index is 13.1. The molecule has 1 unspecified atom stereocenters. The number of carbonyl (C=O) groups is 1. The van der Waals surface area contributed by atoms with Gasteiger partial charge in [-0.3, -0.25) is 9.69 Å². The van der Waals surface area contributed by atoms with Crippen molar-refractivity contribution < 1.29 is 9.18 Å². The van der Waals surface area contributed by atoms with Crippen molar-refractivity contribution in [1.29, 1.82) is 0 Å². The van der Waals surface area contributed by atoms with Gasteiger partial charge in [-0.2, -0.15) is 0 Å². The van der Waals surface area contributed by atoms with Crippen LogP contribution in [0.15, 0.2) is 24.3 Å². The molecular formula is C21H30FN3O. The normalized spacial score (nSPS) is 25.7. The zero-order valence-electron chi connectivity index (χ0n) is 15.6. The maximum Gasteiger partial charge on any atom is 0.225 e. The van der Waals surface area contributed by atoms with Gasteiger partial charge in [-0.25, -0.2) is 4.39 Å². The van der Waals surface area contributed by atoms with Crippen molar-refractivity contribution in [2.75, 3.05) is 44.2 Å². The van der Waals surface area contributed by atoms with Gasteiger partial charge in [0.15, 0.2) is 0 Å². The van der Waals surface area contributed by atoms with Crippen LogP contribution in [0, 0.1) is 11.7 Å². The lowest BCUT2D eigenvalue weighted by Gasteiger charge is -2.44. The first-order valence-electron chi connectivity index (χ1n) is 10.2. The average molecular weight is 359 g/mol. The van der Waals surface area contributed by atoms with Crippen molar-refractivity contribution in [3.05, 3.63) is 30.1 Å². The highest BCUT2D eigenvalue weighted by atomic mass is 19.1. The van der Waals surface area contributed by atoms with E-state index < -0.39 is 0 Å². The molecule has 0 aromatic heterocycles. The van der Waals surface area contributed by atoms with Crippen molar-refractivity contribution in [3.63, 3.8) is 0 Å². The molecule has 1 saturated carbocycles. The summed E-state index contributed by atoms with van der Waals surface area (Å²) in [5.41, 5.74) is 1.10. The van der Waals surface area contributed by atoms with Crippen molar-refractivity contribution in [1.82, 2.24) is 9.80 Å². The molecule has 1 atom stereocenters. The number of likely N-dealkylation sites (tertiary alicyclic amines) is 1. The third-order valence-electron chi connectivity index (χ3n) is 6.44. The van der Waals surface area contributed by atoms with Crippen LogP contribution in [0.5, 0.6) is 0 Å². The van der Waals surface area contributed by atoms with Gasteiger partial charge in [0.2, 0.25) is 5.91 Å². The molecule has 1 aromatic rings. The molecule has 2 saturated heterocycles. The first kappa shape index (κ1) is 17.8. The summed E-state index contributed by atoms with van der Waals surface area (Å²) in [5, 5.41) is 0. The van der Waals surface area contributed by atoms with Gasteiger partial charge in [0.25, 0.3) is 0 Å². The van der Waals surface area contributed by atoms with E-state index in [1.165, 1.54) is 31.4 Å². The Labute approximate surface area is 155 Å². The van der Waals surface area contributed by atoms with Gasteiger partial charge >= 0.3 is 0 Å². The Morgan fingerprint density at radius 2 is 1.58 bits per heavy atom. The predicted molar refractivity (Wildman–Crippen MR) is 102 cm³/mol. The summed E-state index contributed by atoms with van der Waals surface area (Å²) in [4.78, 5) is 19.8. The molecule has 4 nitrogen and oxygen atoms in total. The summed E-state index contributed by atoms with van der Waals surface area (Å²) < 4.78 is 13.1. The van der Waals surface area contributed by atoms with Crippen LogP contribution in [0.3, 0.4) is 0 Å². The molecule has 1 aromatic carbocycles. The highest BCUT2D eigenvalue weighted by molar-refractivity contribution is 5.79. The number of piperidine rings is 1. The number of hydrogen-bond acceptors (Lipinski definition) is 3. The first-order chi connectivity index (χ1) is 12.7. The van der Waals surface area contributed by atoms with E-state index in [1.807, 2.05) is 12.1 Å². The van der Waals surface area contributed by atoms with E-state index in [0.717, 1.165) is 64.2 Å². The number of nitrogens with zero attached hydrogens (tertiary/aromatic N) is 3. The van der Waals surface area contributed by atoms with Gasteiger partial charge in [-0.15, -0.1) is 0 Å². The van der Waals surface area contributed by atoms with E-state index in [2.05, 4.69) is 14.7 Å². The van der Waals surface area contributed by atoms with Crippen LogP contribution in [0.2, 0.25) is 0 Å². The minimum atomic E-state index is -0.179. The second kappa shape index (κ2) is 7.95. The third kappa shape index (κ3) is 3.88. The van der Waals surface area contributed by atoms with E-state index in [-0.39, 0.29) is 5.82 Å². The van der Waals surface area contributed by atoms with Crippen LogP contribution >= 0.6 is 0 Å². The smallest absolute Gasteiger partial charge is 0.225 e. The molecule has 3 fully saturated rings. The molecule has 0 radical (unpaired) electrons. The minimum Gasteiger partial charge on any atom is -0.369 e. The first-order valence-corrected chi connectivity index (χ1v) is 10.2. The van der Waals surface area contributed by atoms with Crippen LogP contribution in [0.4, 0.5) is 10.1 Å². The van der Waals surface area contributed by atoms with Gasteiger partial charge in [-0.05, 0) is 49.9 Å². The number of carbonyl (C=O) groups excluding carboxylic acids is 1. The highest BCUT2D eigenvalue weighted by Gasteiger charge is 2.33. The monoisotopic (exact) mass is 359 g/mol. The van der Waals surface area contributed by atoms with E-state index in [1.54, 1.807) is 0 Å². The minimum absolute atomic E-state index is 0.179. The Morgan fingerprint density at radius 3 is 2.27 bits per heavy atom. The maximum absolute atomic E-state index is 13.1. The van der Waals surface area contributed by atoms with Crippen molar-refractivity contribution >= 4 is 11.6 Å². The zero-order chi connectivity index (χ0) is 17.9. The molecular weight excluding hydrogens is 329 g/mol. The summed E-state index contributed by atoms with van der Waals surface area (Å²) in [7, 11) is 0. The van der Waals surface area contributed by atoms with Gasteiger partial charge in [-0.1, -0.05) is 12.8 Å². The summed E-state index contributed by atoms with van der Waals surface area (Å²) in [6.45, 7) is 5.84. The standard InChI is InChI=1S/C21H30FN3O/c22-18-7-9-19(10-8-18)23-12-14-24(15-13-23)20-6-3-11-25(16-20)21(26)17-4-1-2-5-17/h7-10,17,20H,1-6,11-16H2. The molecule has 1 amide bonds. The van der Waals surface area contributed by atoms with Gasteiger partial charge < -0.3 is 9.80 Å². The quantitative estimate of drug-likeness (QED) is 0.830. The van der Waals surface area contributed by atoms with Crippen LogP contribution in [-0.4, -0.2) is 61.0 Å².